The third-order valence-electron chi connectivity index (χ3n) is 9.22. The van der Waals surface area contributed by atoms with Crippen LogP contribution >= 0.6 is 11.3 Å². The van der Waals surface area contributed by atoms with Crippen LogP contribution in [0.2, 0.25) is 0 Å². The van der Waals surface area contributed by atoms with E-state index in [1.165, 1.54) is 53.7 Å². The predicted octanol–water partition coefficient (Wildman–Crippen LogP) is 11.5. The van der Waals surface area contributed by atoms with Gasteiger partial charge in [-0.25, -0.2) is 15.0 Å². The minimum atomic E-state index is 0.663. The Morgan fingerprint density at radius 2 is 0.958 bits per heavy atom. The Hall–Kier alpha value is -6.17. The minimum Gasteiger partial charge on any atom is -0.308 e. The van der Waals surface area contributed by atoms with Gasteiger partial charge in [-0.1, -0.05) is 127 Å². The number of hydrogen-bond donors (Lipinski definition) is 0. The average molecular weight is 631 g/mol. The van der Waals surface area contributed by atoms with Crippen molar-refractivity contribution in [3.8, 4) is 39.9 Å². The summed E-state index contributed by atoms with van der Waals surface area (Å²) in [6.45, 7) is 0. The van der Waals surface area contributed by atoms with Crippen molar-refractivity contribution in [2.45, 2.75) is 0 Å². The molecular formula is C43H26N4S. The molecule has 0 radical (unpaired) electrons. The number of hydrogen-bond acceptors (Lipinski definition) is 4. The van der Waals surface area contributed by atoms with Crippen LogP contribution in [0.1, 0.15) is 0 Å². The monoisotopic (exact) mass is 630 g/mol. The topological polar surface area (TPSA) is 43.6 Å². The first-order chi connectivity index (χ1) is 23.8. The second-order valence-corrected chi connectivity index (χ2v) is 13.1. The Morgan fingerprint density at radius 3 is 1.69 bits per heavy atom. The summed E-state index contributed by atoms with van der Waals surface area (Å²) in [5.41, 5.74) is 6.51. The predicted molar refractivity (Wildman–Crippen MR) is 201 cm³/mol. The summed E-state index contributed by atoms with van der Waals surface area (Å²) in [5, 5.41) is 7.42. The normalized spacial score (nSPS) is 11.8. The Kier molecular flexibility index (Phi) is 6.01. The fraction of sp³-hybridized carbons (Fsp3) is 0. The van der Waals surface area contributed by atoms with Crippen molar-refractivity contribution >= 4 is 64.1 Å². The molecule has 0 spiro atoms. The van der Waals surface area contributed by atoms with Gasteiger partial charge in [0.15, 0.2) is 17.5 Å². The van der Waals surface area contributed by atoms with Crippen molar-refractivity contribution in [1.82, 2.24) is 19.5 Å². The zero-order valence-electron chi connectivity index (χ0n) is 25.7. The first kappa shape index (κ1) is 27.0. The van der Waals surface area contributed by atoms with E-state index in [1.807, 2.05) is 47.7 Å². The largest absolute Gasteiger partial charge is 0.308 e. The van der Waals surface area contributed by atoms with Crippen LogP contribution in [0.25, 0.3) is 92.6 Å². The van der Waals surface area contributed by atoms with E-state index in [9.17, 15) is 0 Å². The quantitative estimate of drug-likeness (QED) is 0.194. The Bertz CT molecular complexity index is 2780. The van der Waals surface area contributed by atoms with Gasteiger partial charge in [-0.3, -0.25) is 0 Å². The second kappa shape index (κ2) is 10.7. The van der Waals surface area contributed by atoms with E-state index in [0.717, 1.165) is 21.4 Å². The molecule has 0 aliphatic rings. The lowest BCUT2D eigenvalue weighted by molar-refractivity contribution is 1.08. The molecule has 0 saturated carbocycles. The smallest absolute Gasteiger partial charge is 0.165 e. The van der Waals surface area contributed by atoms with Gasteiger partial charge >= 0.3 is 0 Å². The molecule has 3 heterocycles. The molecule has 0 aliphatic carbocycles. The number of benzene rings is 7. The van der Waals surface area contributed by atoms with Crippen molar-refractivity contribution < 1.29 is 0 Å². The number of nitrogens with zero attached hydrogens (tertiary/aromatic N) is 4. The Morgan fingerprint density at radius 1 is 0.396 bits per heavy atom. The summed E-state index contributed by atoms with van der Waals surface area (Å²) >= 11 is 1.81. The molecule has 7 aromatic carbocycles. The van der Waals surface area contributed by atoms with E-state index in [4.69, 9.17) is 15.0 Å². The zero-order valence-corrected chi connectivity index (χ0v) is 26.5. The van der Waals surface area contributed by atoms with Crippen molar-refractivity contribution in [2.24, 2.45) is 0 Å². The zero-order chi connectivity index (χ0) is 31.6. The van der Waals surface area contributed by atoms with E-state index in [0.29, 0.717) is 17.5 Å². The minimum absolute atomic E-state index is 0.663. The fourth-order valence-corrected chi connectivity index (χ4v) is 8.31. The highest BCUT2D eigenvalue weighted by Gasteiger charge is 2.20. The van der Waals surface area contributed by atoms with Crippen molar-refractivity contribution in [3.63, 3.8) is 0 Å². The summed E-state index contributed by atoms with van der Waals surface area (Å²) in [4.78, 5) is 15.1. The van der Waals surface area contributed by atoms with Crippen LogP contribution < -0.4 is 0 Å². The highest BCUT2D eigenvalue weighted by molar-refractivity contribution is 7.26. The summed E-state index contributed by atoms with van der Waals surface area (Å²) in [6, 6.07) is 55.5. The van der Waals surface area contributed by atoms with Gasteiger partial charge in [-0.05, 0) is 41.1 Å². The lowest BCUT2D eigenvalue weighted by atomic mass is 10.1. The van der Waals surface area contributed by atoms with Crippen LogP contribution in [0.5, 0.6) is 0 Å². The van der Waals surface area contributed by atoms with E-state index in [-0.39, 0.29) is 0 Å². The molecule has 0 bridgehead atoms. The molecule has 10 aromatic rings. The third kappa shape index (κ3) is 4.18. The van der Waals surface area contributed by atoms with E-state index in [1.54, 1.807) is 0 Å². The highest BCUT2D eigenvalue weighted by Crippen LogP contribution is 2.44. The molecule has 0 unspecified atom stereocenters. The molecule has 224 valence electrons. The van der Waals surface area contributed by atoms with Crippen LogP contribution in [0.15, 0.2) is 158 Å². The maximum atomic E-state index is 5.08. The van der Waals surface area contributed by atoms with Crippen LogP contribution in [-0.2, 0) is 0 Å². The van der Waals surface area contributed by atoms with Gasteiger partial charge in [0.05, 0.1) is 21.4 Å². The molecule has 0 amide bonds. The van der Waals surface area contributed by atoms with Crippen LogP contribution in [0, 0.1) is 0 Å². The van der Waals surface area contributed by atoms with E-state index >= 15 is 0 Å². The van der Waals surface area contributed by atoms with Gasteiger partial charge in [0.2, 0.25) is 0 Å². The van der Waals surface area contributed by atoms with E-state index in [2.05, 4.69) is 126 Å². The molecule has 0 aliphatic heterocycles. The molecular weight excluding hydrogens is 605 g/mol. The molecule has 3 aromatic heterocycles. The third-order valence-corrected chi connectivity index (χ3v) is 10.5. The lowest BCUT2D eigenvalue weighted by Gasteiger charge is -2.10. The SMILES string of the molecule is c1ccc(-c2nc(-c3ccccc3)nc(-c3cccc4c3sc3c(-n5c6ccccc6c6cc7ccccc7cc65)cccc34)n2)cc1. The number of fused-ring (bicyclic) bond motifs is 7. The summed E-state index contributed by atoms with van der Waals surface area (Å²) in [6.07, 6.45) is 0. The molecule has 10 rings (SSSR count). The van der Waals surface area contributed by atoms with Gasteiger partial charge in [0.1, 0.15) is 0 Å². The number of para-hydroxylation sites is 1. The second-order valence-electron chi connectivity index (χ2n) is 12.0. The highest BCUT2D eigenvalue weighted by atomic mass is 32.1. The standard InChI is InChI=1S/C43H26N4S/c1-3-13-27(14-4-1)41-44-42(28-15-5-2-6-16-28)46-43(45-41)34-22-11-20-32-33-21-12-24-37(40(33)48-39(32)34)47-36-23-10-9-19-31(36)35-25-29-17-7-8-18-30(29)26-38(35)47/h1-26H. The first-order valence-electron chi connectivity index (χ1n) is 16.0. The number of thiophene rings is 1. The first-order valence-corrected chi connectivity index (χ1v) is 16.9. The maximum absolute atomic E-state index is 5.08. The number of rotatable bonds is 4. The van der Waals surface area contributed by atoms with Gasteiger partial charge < -0.3 is 4.57 Å². The fourth-order valence-electron chi connectivity index (χ4n) is 7.00. The maximum Gasteiger partial charge on any atom is 0.165 e. The van der Waals surface area contributed by atoms with Gasteiger partial charge in [0.25, 0.3) is 0 Å². The molecule has 0 saturated heterocycles. The van der Waals surface area contributed by atoms with Gasteiger partial charge in [-0.15, -0.1) is 11.3 Å². The van der Waals surface area contributed by atoms with Gasteiger partial charge in [-0.2, -0.15) is 0 Å². The average Bonchev–Trinajstić information content (AvgIpc) is 3.70. The van der Waals surface area contributed by atoms with Crippen molar-refractivity contribution in [2.75, 3.05) is 0 Å². The number of aromatic nitrogens is 4. The van der Waals surface area contributed by atoms with Gasteiger partial charge in [0, 0.05) is 42.9 Å². The van der Waals surface area contributed by atoms with Crippen molar-refractivity contribution in [3.05, 3.63) is 158 Å². The molecule has 5 heteroatoms. The summed E-state index contributed by atoms with van der Waals surface area (Å²) < 4.78 is 4.84. The van der Waals surface area contributed by atoms with E-state index < -0.39 is 0 Å². The van der Waals surface area contributed by atoms with Crippen LogP contribution in [-0.4, -0.2) is 19.5 Å². The summed E-state index contributed by atoms with van der Waals surface area (Å²) in [7, 11) is 0. The Labute approximate surface area is 280 Å². The summed E-state index contributed by atoms with van der Waals surface area (Å²) in [5.74, 6) is 2.00. The molecule has 4 nitrogen and oxygen atoms in total. The lowest BCUT2D eigenvalue weighted by Crippen LogP contribution is -2.00. The van der Waals surface area contributed by atoms with Crippen LogP contribution in [0.3, 0.4) is 0 Å². The van der Waals surface area contributed by atoms with Crippen LogP contribution in [0.4, 0.5) is 0 Å². The Balaban J connectivity index is 1.24. The van der Waals surface area contributed by atoms with Crippen molar-refractivity contribution in [1.29, 1.82) is 0 Å². The molecule has 0 atom stereocenters. The molecule has 48 heavy (non-hydrogen) atoms. The molecule has 0 N–H and O–H groups in total. The molecule has 0 fully saturated rings.